The predicted octanol–water partition coefficient (Wildman–Crippen LogP) is -1.25. The van der Waals surface area contributed by atoms with E-state index >= 15 is 0 Å². The maximum Gasteiger partial charge on any atom is 0.523 e. The van der Waals surface area contributed by atoms with Crippen LogP contribution in [0.1, 0.15) is 0 Å². The largest absolute Gasteiger partial charge is 0.523 e. The Bertz CT molecular complexity index is 275. The molecule has 0 aromatic carbocycles. The number of hydrogen-bond acceptors (Lipinski definition) is 6. The lowest BCUT2D eigenvalue weighted by atomic mass is 11.6. The molecule has 12 heteroatoms. The topological polar surface area (TPSA) is 119 Å². The SMILES string of the molecule is NNP(N=[NH2+])OS(=O)(=O)C(F)(F)F. The zero-order valence-electron chi connectivity index (χ0n) is 5.82. The lowest BCUT2D eigenvalue weighted by Crippen LogP contribution is -2.30. The number of alkyl halides is 3. The molecular formula is CH5F3N4O3PS+. The minimum absolute atomic E-state index is 1.55. The van der Waals surface area contributed by atoms with Crippen LogP contribution in [0.15, 0.2) is 4.88 Å². The molecule has 1 unspecified atom stereocenters. The number of nitrogens with one attached hydrogen (secondary N) is 1. The average Bonchev–Trinajstić information content (AvgIpc) is 1.98. The number of hydrogen-bond donors (Lipinski definition) is 3. The molecule has 0 saturated heterocycles. The van der Waals surface area contributed by atoms with Gasteiger partial charge in [0.2, 0.25) is 0 Å². The quantitative estimate of drug-likeness (QED) is 0.187. The van der Waals surface area contributed by atoms with E-state index < -0.39 is 24.1 Å². The van der Waals surface area contributed by atoms with Crippen LogP contribution in [0.25, 0.3) is 0 Å². The monoisotopic (exact) mass is 241 g/mol. The van der Waals surface area contributed by atoms with E-state index in [0.29, 0.717) is 0 Å². The van der Waals surface area contributed by atoms with Crippen LogP contribution in [0.4, 0.5) is 13.2 Å². The second-order valence-electron chi connectivity index (χ2n) is 1.49. The van der Waals surface area contributed by atoms with E-state index in [4.69, 9.17) is 0 Å². The normalized spacial score (nSPS) is 15.4. The summed E-state index contributed by atoms with van der Waals surface area (Å²) in [5.41, 5.74) is -1.03. The van der Waals surface area contributed by atoms with Gasteiger partial charge in [-0.1, -0.05) is 0 Å². The van der Waals surface area contributed by atoms with Crippen LogP contribution in [-0.2, 0) is 14.1 Å². The smallest absolute Gasteiger partial charge is 0.264 e. The molecule has 0 heterocycles. The summed E-state index contributed by atoms with van der Waals surface area (Å²) in [4.78, 5) is 2.63. The third-order valence-electron chi connectivity index (χ3n) is 0.668. The van der Waals surface area contributed by atoms with Crippen LogP contribution in [0.5, 0.6) is 0 Å². The van der Waals surface area contributed by atoms with Gasteiger partial charge in [0.15, 0.2) is 0 Å². The minimum Gasteiger partial charge on any atom is -0.264 e. The molecule has 0 aromatic heterocycles. The van der Waals surface area contributed by atoms with E-state index in [0.717, 1.165) is 0 Å². The maximum atomic E-state index is 11.6. The number of halogens is 3. The van der Waals surface area contributed by atoms with Crippen molar-refractivity contribution in [2.45, 2.75) is 5.51 Å². The van der Waals surface area contributed by atoms with Crippen molar-refractivity contribution in [1.29, 1.82) is 0 Å². The molecule has 0 rings (SSSR count). The first kappa shape index (κ1) is 12.7. The van der Waals surface area contributed by atoms with E-state index in [-0.39, 0.29) is 0 Å². The molecule has 0 aliphatic heterocycles. The summed E-state index contributed by atoms with van der Waals surface area (Å²) < 4.78 is 58.8. The summed E-state index contributed by atoms with van der Waals surface area (Å²) in [5, 5.41) is 1.55. The summed E-state index contributed by atoms with van der Waals surface area (Å²) in [5.74, 6) is 4.58. The van der Waals surface area contributed by atoms with Gasteiger partial charge in [0.1, 0.15) is 0 Å². The lowest BCUT2D eigenvalue weighted by Gasteiger charge is -2.08. The Labute approximate surface area is 72.0 Å². The van der Waals surface area contributed by atoms with Crippen LogP contribution in [-0.4, -0.2) is 13.9 Å². The number of nitrogens with two attached hydrogens (primary N) is 2. The maximum absolute atomic E-state index is 11.6. The number of hydrazine groups is 1. The Morgan fingerprint density at radius 2 is 2.00 bits per heavy atom. The highest BCUT2D eigenvalue weighted by Crippen LogP contribution is 2.38. The van der Waals surface area contributed by atoms with Crippen LogP contribution < -0.4 is 16.6 Å². The van der Waals surface area contributed by atoms with Crippen LogP contribution >= 0.6 is 8.45 Å². The van der Waals surface area contributed by atoms with Crippen molar-refractivity contribution in [3.8, 4) is 0 Å². The van der Waals surface area contributed by atoms with Crippen molar-refractivity contribution in [1.82, 2.24) is 5.20 Å². The van der Waals surface area contributed by atoms with Gasteiger partial charge in [0.25, 0.3) is 0 Å². The third kappa shape index (κ3) is 3.48. The highest BCUT2D eigenvalue weighted by Gasteiger charge is 2.49. The molecular weight excluding hydrogens is 236 g/mol. The lowest BCUT2D eigenvalue weighted by molar-refractivity contribution is -0.204. The molecule has 5 N–H and O–H groups in total. The molecule has 78 valence electrons. The Hall–Kier alpha value is -0.350. The average molecular weight is 241 g/mol. The molecule has 13 heavy (non-hydrogen) atoms. The molecule has 0 radical (unpaired) electrons. The van der Waals surface area contributed by atoms with Crippen LogP contribution in [0.3, 0.4) is 0 Å². The molecule has 0 aliphatic rings. The minimum atomic E-state index is -5.71. The fraction of sp³-hybridized carbons (Fsp3) is 1.00. The molecule has 0 saturated carbocycles. The third-order valence-corrected chi connectivity index (χ3v) is 3.01. The molecule has 7 nitrogen and oxygen atoms in total. The summed E-state index contributed by atoms with van der Waals surface area (Å²) in [7, 11) is -8.29. The van der Waals surface area contributed by atoms with E-state index in [1.807, 2.05) is 0 Å². The number of rotatable bonds is 4. The van der Waals surface area contributed by atoms with Gasteiger partial charge in [0.05, 0.1) is 0 Å². The molecule has 0 spiro atoms. The molecule has 0 fully saturated rings. The van der Waals surface area contributed by atoms with Crippen molar-refractivity contribution in [3.05, 3.63) is 0 Å². The second kappa shape index (κ2) is 4.24. The molecule has 0 bridgehead atoms. The Balaban J connectivity index is 4.61. The summed E-state index contributed by atoms with van der Waals surface area (Å²) in [6.45, 7) is 0. The number of nitrogens with zero attached hydrogens (tertiary/aromatic N) is 1. The van der Waals surface area contributed by atoms with Crippen molar-refractivity contribution in [3.63, 3.8) is 0 Å². The molecule has 0 amide bonds. The molecule has 0 aliphatic carbocycles. The molecule has 1 atom stereocenters. The van der Waals surface area contributed by atoms with Crippen LogP contribution in [0, 0.1) is 0 Å². The van der Waals surface area contributed by atoms with Gasteiger partial charge in [-0.15, -0.1) is 5.53 Å². The van der Waals surface area contributed by atoms with E-state index in [1.165, 1.54) is 0 Å². The fourth-order valence-electron chi connectivity index (χ4n) is 0.209. The predicted molar refractivity (Wildman–Crippen MR) is 34.7 cm³/mol. The van der Waals surface area contributed by atoms with Gasteiger partial charge in [0, 0.05) is 4.88 Å². The van der Waals surface area contributed by atoms with Gasteiger partial charge in [-0.05, 0) is 0 Å². The van der Waals surface area contributed by atoms with Crippen molar-refractivity contribution in [2.75, 3.05) is 0 Å². The standard InChI is InChI=1S/CH4F3N4O3PS/c2-1(3,4)13(9,10)11-12(7-5)8-6/h5,8H,6H2/p+1. The van der Waals surface area contributed by atoms with Crippen molar-refractivity contribution in [2.24, 2.45) is 10.7 Å². The van der Waals surface area contributed by atoms with Gasteiger partial charge < -0.3 is 0 Å². The summed E-state index contributed by atoms with van der Waals surface area (Å²) in [6.07, 6.45) is 0. The van der Waals surface area contributed by atoms with Gasteiger partial charge >= 0.3 is 24.1 Å². The first-order valence-corrected chi connectivity index (χ1v) is 5.04. The fourth-order valence-corrected chi connectivity index (χ4v) is 1.68. The van der Waals surface area contributed by atoms with Crippen molar-refractivity contribution >= 4 is 18.6 Å². The zero-order chi connectivity index (χ0) is 10.7. The zero-order valence-corrected chi connectivity index (χ0v) is 7.53. The van der Waals surface area contributed by atoms with Gasteiger partial charge in [-0.2, -0.15) is 30.8 Å². The van der Waals surface area contributed by atoms with E-state index in [2.05, 4.69) is 20.2 Å². The highest BCUT2D eigenvalue weighted by atomic mass is 32.2. The van der Waals surface area contributed by atoms with Gasteiger partial charge in [-0.25, -0.2) is 0 Å². The Kier molecular flexibility index (Phi) is 4.13. The summed E-state index contributed by atoms with van der Waals surface area (Å²) in [6, 6.07) is 0. The van der Waals surface area contributed by atoms with E-state index in [1.54, 1.807) is 5.20 Å². The Morgan fingerprint density at radius 1 is 1.54 bits per heavy atom. The van der Waals surface area contributed by atoms with Crippen molar-refractivity contribution < 1.29 is 31.1 Å². The Morgan fingerprint density at radius 3 is 2.23 bits per heavy atom. The summed E-state index contributed by atoms with van der Waals surface area (Å²) >= 11 is 0. The first-order chi connectivity index (χ1) is 5.74. The second-order valence-corrected chi connectivity index (χ2v) is 4.49. The molecule has 0 aromatic rings. The van der Waals surface area contributed by atoms with Gasteiger partial charge in [-0.3, -0.25) is 5.84 Å². The first-order valence-electron chi connectivity index (χ1n) is 2.42. The highest BCUT2D eigenvalue weighted by molar-refractivity contribution is 7.91. The van der Waals surface area contributed by atoms with Crippen LogP contribution in [0.2, 0.25) is 0 Å². The van der Waals surface area contributed by atoms with E-state index in [9.17, 15) is 21.6 Å².